The smallest absolute Gasteiger partial charge is 0.332 e. The molecule has 1 unspecified atom stereocenters. The number of fused-ring (bicyclic) bond motifs is 1. The van der Waals surface area contributed by atoms with E-state index in [2.05, 4.69) is 4.98 Å². The van der Waals surface area contributed by atoms with E-state index in [9.17, 15) is 14.7 Å². The molecule has 0 amide bonds. The average Bonchev–Trinajstić information content (AvgIpc) is 3.16. The van der Waals surface area contributed by atoms with Gasteiger partial charge in [0.2, 0.25) is 0 Å². The molecule has 0 fully saturated rings. The zero-order valence-electron chi connectivity index (χ0n) is 17.8. The molecule has 31 heavy (non-hydrogen) atoms. The second kappa shape index (κ2) is 10.1. The van der Waals surface area contributed by atoms with Crippen LogP contribution in [0.25, 0.3) is 11.2 Å². The summed E-state index contributed by atoms with van der Waals surface area (Å²) in [5, 5.41) is 11.0. The number of imidazole rings is 1. The molecular formula is C21H27ClN4O5. The molecule has 0 aliphatic heterocycles. The third-order valence-corrected chi connectivity index (χ3v) is 4.97. The maximum Gasteiger partial charge on any atom is 0.332 e. The van der Waals surface area contributed by atoms with E-state index in [-0.39, 0.29) is 19.1 Å². The van der Waals surface area contributed by atoms with E-state index in [1.54, 1.807) is 35.9 Å². The molecule has 0 saturated carbocycles. The van der Waals surface area contributed by atoms with Crippen molar-refractivity contribution in [3.8, 4) is 5.75 Å². The molecule has 0 radical (unpaired) electrons. The summed E-state index contributed by atoms with van der Waals surface area (Å²) < 4.78 is 14.9. The number of halogens is 1. The summed E-state index contributed by atoms with van der Waals surface area (Å²) in [6.07, 6.45) is 0.465. The molecule has 3 aromatic rings. The summed E-state index contributed by atoms with van der Waals surface area (Å²) >= 11 is 5.86. The Kier molecular flexibility index (Phi) is 7.53. The van der Waals surface area contributed by atoms with Crippen LogP contribution in [0.5, 0.6) is 5.75 Å². The Morgan fingerprint density at radius 2 is 1.84 bits per heavy atom. The number of methoxy groups -OCH3 is 1. The SMILES string of the molecule is COCCn1cnc2c1c(=O)n(CC(O)COc1ccc(Cl)cc1)c(=O)n2CC(C)C. The maximum atomic E-state index is 13.2. The van der Waals surface area contributed by atoms with Gasteiger partial charge in [-0.3, -0.25) is 13.9 Å². The molecular weight excluding hydrogens is 424 g/mol. The van der Waals surface area contributed by atoms with Gasteiger partial charge in [-0.05, 0) is 30.2 Å². The van der Waals surface area contributed by atoms with Crippen LogP contribution < -0.4 is 16.0 Å². The first-order valence-corrected chi connectivity index (χ1v) is 10.4. The Morgan fingerprint density at radius 3 is 2.48 bits per heavy atom. The second-order valence-corrected chi connectivity index (χ2v) is 8.16. The fourth-order valence-electron chi connectivity index (χ4n) is 3.28. The Morgan fingerprint density at radius 1 is 1.13 bits per heavy atom. The molecule has 1 aromatic carbocycles. The van der Waals surface area contributed by atoms with Crippen LogP contribution in [0, 0.1) is 5.92 Å². The van der Waals surface area contributed by atoms with Gasteiger partial charge in [-0.25, -0.2) is 9.78 Å². The number of aromatic nitrogens is 4. The van der Waals surface area contributed by atoms with Crippen LogP contribution in [0.3, 0.4) is 0 Å². The first-order chi connectivity index (χ1) is 14.8. The van der Waals surface area contributed by atoms with E-state index >= 15 is 0 Å². The van der Waals surface area contributed by atoms with E-state index in [0.29, 0.717) is 41.6 Å². The lowest BCUT2D eigenvalue weighted by atomic mass is 10.2. The Balaban J connectivity index is 1.93. The molecule has 0 bridgehead atoms. The predicted molar refractivity (Wildman–Crippen MR) is 118 cm³/mol. The van der Waals surface area contributed by atoms with Crippen molar-refractivity contribution in [1.29, 1.82) is 0 Å². The van der Waals surface area contributed by atoms with Crippen LogP contribution in [0.4, 0.5) is 0 Å². The molecule has 2 heterocycles. The molecule has 0 aliphatic carbocycles. The summed E-state index contributed by atoms with van der Waals surface area (Å²) in [4.78, 5) is 30.6. The number of ether oxygens (including phenoxy) is 2. The quantitative estimate of drug-likeness (QED) is 0.505. The van der Waals surface area contributed by atoms with Crippen molar-refractivity contribution in [3.63, 3.8) is 0 Å². The molecule has 1 N–H and O–H groups in total. The first-order valence-electron chi connectivity index (χ1n) is 10.1. The van der Waals surface area contributed by atoms with Gasteiger partial charge in [-0.2, -0.15) is 0 Å². The van der Waals surface area contributed by atoms with Crippen molar-refractivity contribution in [2.75, 3.05) is 20.3 Å². The predicted octanol–water partition coefficient (Wildman–Crippen LogP) is 1.76. The number of hydrogen-bond donors (Lipinski definition) is 1. The normalized spacial score (nSPS) is 12.6. The highest BCUT2D eigenvalue weighted by Crippen LogP contribution is 2.16. The van der Waals surface area contributed by atoms with Crippen molar-refractivity contribution >= 4 is 22.8 Å². The molecule has 168 valence electrons. The number of benzene rings is 1. The molecule has 3 rings (SSSR count). The second-order valence-electron chi connectivity index (χ2n) is 7.72. The fraction of sp³-hybridized carbons (Fsp3) is 0.476. The summed E-state index contributed by atoms with van der Waals surface area (Å²) in [5.74, 6) is 0.690. The topological polar surface area (TPSA) is 101 Å². The Labute approximate surface area is 184 Å². The minimum Gasteiger partial charge on any atom is -0.491 e. The van der Waals surface area contributed by atoms with Crippen LogP contribution in [0.1, 0.15) is 13.8 Å². The molecule has 10 heteroatoms. The maximum absolute atomic E-state index is 13.2. The molecule has 0 aliphatic rings. The van der Waals surface area contributed by atoms with E-state index < -0.39 is 17.4 Å². The number of hydrogen-bond acceptors (Lipinski definition) is 6. The minimum absolute atomic E-state index is 0.0847. The monoisotopic (exact) mass is 450 g/mol. The summed E-state index contributed by atoms with van der Waals surface area (Å²) in [6, 6.07) is 6.70. The van der Waals surface area contributed by atoms with Gasteiger partial charge in [0.1, 0.15) is 18.5 Å². The fourth-order valence-corrected chi connectivity index (χ4v) is 3.40. The highest BCUT2D eigenvalue weighted by atomic mass is 35.5. The summed E-state index contributed by atoms with van der Waals surface area (Å²) in [6.45, 7) is 4.88. The van der Waals surface area contributed by atoms with Crippen LogP contribution in [0.15, 0.2) is 40.2 Å². The summed E-state index contributed by atoms with van der Waals surface area (Å²) in [5.41, 5.74) is -0.362. The van der Waals surface area contributed by atoms with Gasteiger partial charge in [0.15, 0.2) is 11.2 Å². The zero-order valence-corrected chi connectivity index (χ0v) is 18.6. The third kappa shape index (κ3) is 5.36. The van der Waals surface area contributed by atoms with E-state index in [0.717, 1.165) is 4.57 Å². The van der Waals surface area contributed by atoms with Crippen molar-refractivity contribution in [1.82, 2.24) is 18.7 Å². The molecule has 2 aromatic heterocycles. The van der Waals surface area contributed by atoms with Crippen LogP contribution in [-0.4, -0.2) is 50.2 Å². The lowest BCUT2D eigenvalue weighted by molar-refractivity contribution is 0.0901. The minimum atomic E-state index is -1.07. The van der Waals surface area contributed by atoms with Crippen LogP contribution in [0.2, 0.25) is 5.02 Å². The summed E-state index contributed by atoms with van der Waals surface area (Å²) in [7, 11) is 1.57. The van der Waals surface area contributed by atoms with Gasteiger partial charge in [-0.1, -0.05) is 25.4 Å². The van der Waals surface area contributed by atoms with Crippen molar-refractivity contribution in [2.45, 2.75) is 39.6 Å². The average molecular weight is 451 g/mol. The number of rotatable bonds is 10. The Hall–Kier alpha value is -2.62. The highest BCUT2D eigenvalue weighted by Gasteiger charge is 2.20. The first kappa shape index (κ1) is 23.1. The molecule has 0 spiro atoms. The standard InChI is InChI=1S/C21H27ClN4O5/c1-14(2)10-25-19-18(24(13-23-19)8-9-30-3)20(28)26(21(25)29)11-16(27)12-31-17-6-4-15(22)5-7-17/h4-7,13-14,16,27H,8-12H2,1-3H3. The number of aliphatic hydroxyl groups is 1. The van der Waals surface area contributed by atoms with Gasteiger partial charge in [-0.15, -0.1) is 0 Å². The lowest BCUT2D eigenvalue weighted by Crippen LogP contribution is -2.44. The van der Waals surface area contributed by atoms with Gasteiger partial charge in [0.25, 0.3) is 5.56 Å². The van der Waals surface area contributed by atoms with E-state index in [1.165, 1.54) is 10.9 Å². The van der Waals surface area contributed by atoms with Crippen molar-refractivity contribution in [3.05, 3.63) is 56.5 Å². The van der Waals surface area contributed by atoms with E-state index in [1.807, 2.05) is 13.8 Å². The van der Waals surface area contributed by atoms with Gasteiger partial charge >= 0.3 is 5.69 Å². The van der Waals surface area contributed by atoms with Gasteiger partial charge in [0.05, 0.1) is 19.5 Å². The van der Waals surface area contributed by atoms with E-state index in [4.69, 9.17) is 21.1 Å². The van der Waals surface area contributed by atoms with Crippen molar-refractivity contribution in [2.24, 2.45) is 5.92 Å². The molecule has 9 nitrogen and oxygen atoms in total. The molecule has 1 atom stereocenters. The highest BCUT2D eigenvalue weighted by molar-refractivity contribution is 6.30. The Bertz CT molecular complexity index is 1130. The molecule has 0 saturated heterocycles. The number of nitrogens with zero attached hydrogens (tertiary/aromatic N) is 4. The van der Waals surface area contributed by atoms with Crippen LogP contribution >= 0.6 is 11.6 Å². The zero-order chi connectivity index (χ0) is 22.5. The lowest BCUT2D eigenvalue weighted by Gasteiger charge is -2.17. The van der Waals surface area contributed by atoms with Crippen molar-refractivity contribution < 1.29 is 14.6 Å². The van der Waals surface area contributed by atoms with Gasteiger partial charge in [0, 0.05) is 25.2 Å². The van der Waals surface area contributed by atoms with Gasteiger partial charge < -0.3 is 19.1 Å². The largest absolute Gasteiger partial charge is 0.491 e. The third-order valence-electron chi connectivity index (χ3n) is 4.72. The number of aliphatic hydroxyl groups excluding tert-OH is 1. The van der Waals surface area contributed by atoms with Crippen LogP contribution in [-0.2, 0) is 24.4 Å².